The number of aromatic nitrogens is 1. The van der Waals surface area contributed by atoms with Crippen LogP contribution < -0.4 is 15.0 Å². The molecule has 1 N–H and O–H groups in total. The molecule has 0 spiro atoms. The van der Waals surface area contributed by atoms with Gasteiger partial charge < -0.3 is 19.9 Å². The predicted molar refractivity (Wildman–Crippen MR) is 155 cm³/mol. The first-order valence-electron chi connectivity index (χ1n) is 13.8. The Balaban J connectivity index is 1.34. The highest BCUT2D eigenvalue weighted by molar-refractivity contribution is 5.97. The molecule has 1 fully saturated rings. The van der Waals surface area contributed by atoms with Crippen molar-refractivity contribution in [2.24, 2.45) is 0 Å². The number of pyridine rings is 1. The number of nitrogens with one attached hydrogen (secondary N) is 1. The normalized spacial score (nSPS) is 15.2. The van der Waals surface area contributed by atoms with Crippen molar-refractivity contribution in [3.05, 3.63) is 88.7 Å². The Labute approximate surface area is 228 Å². The van der Waals surface area contributed by atoms with E-state index in [-0.39, 0.29) is 5.91 Å². The molecule has 1 aromatic heterocycles. The van der Waals surface area contributed by atoms with Gasteiger partial charge in [-0.15, -0.1) is 0 Å². The number of likely N-dealkylation sites (tertiary alicyclic amines) is 1. The molecule has 2 aromatic carbocycles. The minimum Gasteiger partial charge on any atom is -0.497 e. The van der Waals surface area contributed by atoms with Crippen LogP contribution in [0, 0.1) is 20.8 Å². The number of rotatable bonds is 10. The fraction of sp³-hybridized carbons (Fsp3) is 0.438. The third-order valence-corrected chi connectivity index (χ3v) is 7.83. The second-order valence-corrected chi connectivity index (χ2v) is 10.6. The van der Waals surface area contributed by atoms with Crippen LogP contribution in [0.1, 0.15) is 58.9 Å². The first kappa shape index (κ1) is 27.6. The molecule has 3 aromatic rings. The van der Waals surface area contributed by atoms with E-state index in [4.69, 9.17) is 4.74 Å². The Morgan fingerprint density at radius 2 is 1.76 bits per heavy atom. The van der Waals surface area contributed by atoms with Crippen LogP contribution in [0.15, 0.2) is 60.8 Å². The molecule has 6 nitrogen and oxygen atoms in total. The van der Waals surface area contributed by atoms with Crippen LogP contribution >= 0.6 is 0 Å². The summed E-state index contributed by atoms with van der Waals surface area (Å²) in [5.74, 6) is 0.905. The highest BCUT2D eigenvalue weighted by Crippen LogP contribution is 2.28. The number of methoxy groups -OCH3 is 1. The number of benzene rings is 2. The molecular formula is C32H42N4O2. The fourth-order valence-corrected chi connectivity index (χ4v) is 5.54. The second-order valence-electron chi connectivity index (χ2n) is 10.6. The van der Waals surface area contributed by atoms with Gasteiger partial charge in [0, 0.05) is 49.2 Å². The maximum Gasteiger partial charge on any atom is 0.251 e. The van der Waals surface area contributed by atoms with Crippen molar-refractivity contribution in [2.75, 3.05) is 31.6 Å². The Morgan fingerprint density at radius 1 is 1.08 bits per heavy atom. The molecule has 0 radical (unpaired) electrons. The molecule has 38 heavy (non-hydrogen) atoms. The molecule has 1 aliphatic heterocycles. The van der Waals surface area contributed by atoms with Crippen molar-refractivity contribution in [2.45, 2.75) is 65.6 Å². The van der Waals surface area contributed by atoms with E-state index in [0.717, 1.165) is 67.0 Å². The van der Waals surface area contributed by atoms with Crippen LogP contribution in [0.2, 0.25) is 0 Å². The van der Waals surface area contributed by atoms with Crippen molar-refractivity contribution in [3.63, 3.8) is 0 Å². The highest BCUT2D eigenvalue weighted by atomic mass is 16.5. The van der Waals surface area contributed by atoms with Crippen LogP contribution in [0.5, 0.6) is 5.75 Å². The molecule has 4 rings (SSSR count). The summed E-state index contributed by atoms with van der Waals surface area (Å²) in [5.41, 5.74) is 6.39. The minimum atomic E-state index is 0.0337. The molecule has 6 heteroatoms. The van der Waals surface area contributed by atoms with Crippen molar-refractivity contribution in [3.8, 4) is 5.75 Å². The minimum absolute atomic E-state index is 0.0337. The summed E-state index contributed by atoms with van der Waals surface area (Å²) in [6.07, 6.45) is 5.03. The number of ether oxygens (including phenoxy) is 1. The standard InChI is InChI=1S/C32H42N4O2/c1-23-13-17-33-27(21-23)22-36(28-9-11-30(38-5)12-10-28)29-15-19-35(20-16-29)26(4)14-18-34-32(37)31-24(2)7-6-8-25(31)3/h6-13,17,21,26,29H,14-16,18-20,22H2,1-5H3,(H,34,37)/t26-/m1/s1. The largest absolute Gasteiger partial charge is 0.497 e. The van der Waals surface area contributed by atoms with E-state index in [9.17, 15) is 4.79 Å². The lowest BCUT2D eigenvalue weighted by Gasteiger charge is -2.41. The molecular weight excluding hydrogens is 472 g/mol. The molecule has 1 atom stereocenters. The number of amides is 1. The third-order valence-electron chi connectivity index (χ3n) is 7.83. The van der Waals surface area contributed by atoms with E-state index in [2.05, 4.69) is 52.1 Å². The third kappa shape index (κ3) is 6.93. The zero-order valence-electron chi connectivity index (χ0n) is 23.5. The summed E-state index contributed by atoms with van der Waals surface area (Å²) in [6.45, 7) is 12.0. The molecule has 2 heterocycles. The lowest BCUT2D eigenvalue weighted by Crippen LogP contribution is -2.48. The van der Waals surface area contributed by atoms with E-state index < -0.39 is 0 Å². The molecule has 1 saturated heterocycles. The quantitative estimate of drug-likeness (QED) is 0.376. The SMILES string of the molecule is COc1ccc(N(Cc2cc(C)ccn2)C2CCN([C@H](C)CCNC(=O)c3c(C)cccc3C)CC2)cc1. The summed E-state index contributed by atoms with van der Waals surface area (Å²) < 4.78 is 5.39. The van der Waals surface area contributed by atoms with Crippen molar-refractivity contribution in [1.29, 1.82) is 0 Å². The van der Waals surface area contributed by atoms with Crippen molar-refractivity contribution in [1.82, 2.24) is 15.2 Å². The highest BCUT2D eigenvalue weighted by Gasteiger charge is 2.27. The number of hydrogen-bond donors (Lipinski definition) is 1. The van der Waals surface area contributed by atoms with Gasteiger partial charge in [0.05, 0.1) is 19.3 Å². The van der Waals surface area contributed by atoms with E-state index in [1.807, 2.05) is 56.4 Å². The van der Waals surface area contributed by atoms with Gasteiger partial charge in [0.2, 0.25) is 0 Å². The number of carbonyl (C=O) groups excluding carboxylic acids is 1. The van der Waals surface area contributed by atoms with Crippen LogP contribution in [0.3, 0.4) is 0 Å². The van der Waals surface area contributed by atoms with Gasteiger partial charge in [-0.05, 0) is 100 Å². The smallest absolute Gasteiger partial charge is 0.251 e. The predicted octanol–water partition coefficient (Wildman–Crippen LogP) is 5.70. The maximum absolute atomic E-state index is 12.8. The molecule has 0 bridgehead atoms. The van der Waals surface area contributed by atoms with Crippen molar-refractivity contribution < 1.29 is 9.53 Å². The van der Waals surface area contributed by atoms with Crippen LogP contribution in [-0.4, -0.2) is 54.6 Å². The number of carbonyl (C=O) groups is 1. The van der Waals surface area contributed by atoms with Gasteiger partial charge in [0.15, 0.2) is 0 Å². The number of aryl methyl sites for hydroxylation is 3. The first-order chi connectivity index (χ1) is 18.4. The summed E-state index contributed by atoms with van der Waals surface area (Å²) in [5, 5.41) is 3.15. The van der Waals surface area contributed by atoms with E-state index in [0.29, 0.717) is 18.6 Å². The average Bonchev–Trinajstić information content (AvgIpc) is 2.92. The summed E-state index contributed by atoms with van der Waals surface area (Å²) >= 11 is 0. The zero-order chi connectivity index (χ0) is 27.1. The van der Waals surface area contributed by atoms with E-state index in [1.54, 1.807) is 7.11 Å². The molecule has 0 unspecified atom stereocenters. The Hall–Kier alpha value is -3.38. The van der Waals surface area contributed by atoms with Crippen LogP contribution in [0.4, 0.5) is 5.69 Å². The van der Waals surface area contributed by atoms with Gasteiger partial charge in [-0.25, -0.2) is 0 Å². The van der Waals surface area contributed by atoms with Gasteiger partial charge in [-0.2, -0.15) is 0 Å². The molecule has 1 aliphatic rings. The zero-order valence-corrected chi connectivity index (χ0v) is 23.5. The number of piperidine rings is 1. The first-order valence-corrected chi connectivity index (χ1v) is 13.8. The van der Waals surface area contributed by atoms with Crippen LogP contribution in [-0.2, 0) is 6.54 Å². The summed E-state index contributed by atoms with van der Waals surface area (Å²) in [6, 6.07) is 19.5. The van der Waals surface area contributed by atoms with E-state index >= 15 is 0 Å². The summed E-state index contributed by atoms with van der Waals surface area (Å²) in [7, 11) is 1.70. The van der Waals surface area contributed by atoms with Gasteiger partial charge in [0.25, 0.3) is 5.91 Å². The number of hydrogen-bond acceptors (Lipinski definition) is 5. The Morgan fingerprint density at radius 3 is 2.39 bits per heavy atom. The fourth-order valence-electron chi connectivity index (χ4n) is 5.54. The Bertz CT molecular complexity index is 1180. The molecule has 0 aliphatic carbocycles. The van der Waals surface area contributed by atoms with Crippen LogP contribution in [0.25, 0.3) is 0 Å². The molecule has 202 valence electrons. The lowest BCUT2D eigenvalue weighted by molar-refractivity contribution is 0.0944. The monoisotopic (exact) mass is 514 g/mol. The van der Waals surface area contributed by atoms with Gasteiger partial charge >= 0.3 is 0 Å². The molecule has 0 saturated carbocycles. The lowest BCUT2D eigenvalue weighted by atomic mass is 9.99. The molecule has 1 amide bonds. The topological polar surface area (TPSA) is 57.7 Å². The maximum atomic E-state index is 12.8. The van der Waals surface area contributed by atoms with Gasteiger partial charge in [-0.3, -0.25) is 9.78 Å². The number of nitrogens with zero attached hydrogens (tertiary/aromatic N) is 3. The van der Waals surface area contributed by atoms with Gasteiger partial charge in [0.1, 0.15) is 5.75 Å². The average molecular weight is 515 g/mol. The van der Waals surface area contributed by atoms with E-state index in [1.165, 1.54) is 11.3 Å². The number of anilines is 1. The van der Waals surface area contributed by atoms with Crippen molar-refractivity contribution >= 4 is 11.6 Å². The van der Waals surface area contributed by atoms with Gasteiger partial charge in [-0.1, -0.05) is 18.2 Å². The summed E-state index contributed by atoms with van der Waals surface area (Å²) in [4.78, 5) is 22.5. The second kappa shape index (κ2) is 12.9. The Kier molecular flexibility index (Phi) is 9.40.